The normalized spacial score (nSPS) is 18.2. The molecule has 0 aromatic heterocycles. The van der Waals surface area contributed by atoms with Crippen LogP contribution in [0.25, 0.3) is 0 Å². The second kappa shape index (κ2) is 3.50. The second-order valence-corrected chi connectivity index (χ2v) is 4.12. The van der Waals surface area contributed by atoms with Gasteiger partial charge >= 0.3 is 0 Å². The predicted molar refractivity (Wildman–Crippen MR) is 52.5 cm³/mol. The van der Waals surface area contributed by atoms with Crippen LogP contribution in [0, 0.1) is 5.82 Å². The van der Waals surface area contributed by atoms with Crippen LogP contribution in [0.1, 0.15) is 18.4 Å². The molecule has 0 aliphatic heterocycles. The Balaban J connectivity index is 2.35. The summed E-state index contributed by atoms with van der Waals surface area (Å²) in [5.41, 5.74) is 0.665. The molecule has 1 aliphatic carbocycles. The van der Waals surface area contributed by atoms with Crippen molar-refractivity contribution in [1.29, 1.82) is 0 Å². The van der Waals surface area contributed by atoms with Gasteiger partial charge in [-0.25, -0.2) is 10.3 Å². The Hall–Kier alpha value is -0.640. The van der Waals surface area contributed by atoms with E-state index >= 15 is 0 Å². The maximum atomic E-state index is 13.0. The minimum atomic E-state index is -0.271. The number of rotatable bonds is 3. The Morgan fingerprint density at radius 1 is 1.50 bits per heavy atom. The smallest absolute Gasteiger partial charge is 0.123 e. The van der Waals surface area contributed by atoms with E-state index in [-0.39, 0.29) is 11.2 Å². The van der Waals surface area contributed by atoms with Gasteiger partial charge in [-0.15, -0.1) is 0 Å². The highest BCUT2D eigenvalue weighted by molar-refractivity contribution is 6.31. The third-order valence-corrected chi connectivity index (χ3v) is 3.04. The first-order chi connectivity index (χ1) is 6.68. The van der Waals surface area contributed by atoms with Crippen LogP contribution in [0.4, 0.5) is 4.39 Å². The quantitative estimate of drug-likeness (QED) is 0.786. The van der Waals surface area contributed by atoms with E-state index in [1.807, 2.05) is 0 Å². The summed E-state index contributed by atoms with van der Waals surface area (Å²) in [6, 6.07) is 4.39. The molecule has 2 nitrogen and oxygen atoms in total. The van der Waals surface area contributed by atoms with Gasteiger partial charge in [0.25, 0.3) is 0 Å². The number of hydrogen-bond acceptors (Lipinski definition) is 2. The molecule has 1 saturated carbocycles. The van der Waals surface area contributed by atoms with Crippen LogP contribution in [-0.2, 0) is 10.3 Å². The molecule has 4 heteroatoms. The minimum Gasteiger partial charge on any atom is -0.304 e. The number of benzene rings is 1. The van der Waals surface area contributed by atoms with Crippen molar-refractivity contribution in [3.8, 4) is 0 Å². The maximum absolute atomic E-state index is 13.0. The number of halogens is 2. The minimum absolute atomic E-state index is 0.145. The third-order valence-electron chi connectivity index (χ3n) is 2.71. The molecule has 0 amide bonds. The molecule has 0 radical (unpaired) electrons. The zero-order valence-electron chi connectivity index (χ0n) is 7.59. The molecule has 2 rings (SSSR count). The Bertz CT molecular complexity index is 352. The van der Waals surface area contributed by atoms with Gasteiger partial charge in [-0.1, -0.05) is 11.6 Å². The summed E-state index contributed by atoms with van der Waals surface area (Å²) in [6.45, 7) is 0.399. The summed E-state index contributed by atoms with van der Waals surface area (Å²) in [4.78, 5) is 4.64. The lowest BCUT2D eigenvalue weighted by Gasteiger charge is -2.15. The Morgan fingerprint density at radius 3 is 2.79 bits per heavy atom. The predicted octanol–water partition coefficient (Wildman–Crippen LogP) is 2.40. The zero-order valence-corrected chi connectivity index (χ0v) is 8.35. The molecule has 0 unspecified atom stereocenters. The van der Waals surface area contributed by atoms with Crippen LogP contribution in [0.15, 0.2) is 18.2 Å². The molecule has 0 heterocycles. The van der Waals surface area contributed by atoms with Crippen molar-refractivity contribution in [2.75, 3.05) is 6.61 Å². The molecule has 1 aromatic carbocycles. The van der Waals surface area contributed by atoms with E-state index in [0.717, 1.165) is 18.4 Å². The summed E-state index contributed by atoms with van der Waals surface area (Å²) >= 11 is 5.99. The van der Waals surface area contributed by atoms with E-state index in [4.69, 9.17) is 17.5 Å². The molecule has 0 bridgehead atoms. The summed E-state index contributed by atoms with van der Waals surface area (Å²) in [6.07, 6.45) is 1.90. The van der Waals surface area contributed by atoms with Gasteiger partial charge < -0.3 is 4.84 Å². The Kier molecular flexibility index (Phi) is 2.47. The van der Waals surface area contributed by atoms with E-state index in [1.54, 1.807) is 6.07 Å². The van der Waals surface area contributed by atoms with Crippen molar-refractivity contribution in [3.63, 3.8) is 0 Å². The summed E-state index contributed by atoms with van der Waals surface area (Å²) < 4.78 is 13.0. The van der Waals surface area contributed by atoms with Crippen LogP contribution in [0.3, 0.4) is 0 Å². The van der Waals surface area contributed by atoms with Gasteiger partial charge in [0.2, 0.25) is 0 Å². The molecular formula is C10H11ClFNO. The van der Waals surface area contributed by atoms with Crippen LogP contribution in [-0.4, -0.2) is 6.61 Å². The second-order valence-electron chi connectivity index (χ2n) is 3.72. The standard InChI is InChI=1S/C10H11ClFNO/c11-9-2-1-7(12)5-8(9)10(3-4-10)6-14-13/h1-2,5H,3-4,6,13H2. The molecule has 0 spiro atoms. The molecule has 0 atom stereocenters. The van der Waals surface area contributed by atoms with Crippen LogP contribution >= 0.6 is 11.6 Å². The van der Waals surface area contributed by atoms with Crippen molar-refractivity contribution in [1.82, 2.24) is 0 Å². The molecule has 14 heavy (non-hydrogen) atoms. The number of nitrogens with two attached hydrogens (primary N) is 1. The highest BCUT2D eigenvalue weighted by atomic mass is 35.5. The molecular weight excluding hydrogens is 205 g/mol. The first-order valence-corrected chi connectivity index (χ1v) is 4.83. The summed E-state index contributed by atoms with van der Waals surface area (Å²) in [7, 11) is 0. The van der Waals surface area contributed by atoms with Crippen molar-refractivity contribution in [2.45, 2.75) is 18.3 Å². The first-order valence-electron chi connectivity index (χ1n) is 4.45. The van der Waals surface area contributed by atoms with Crippen LogP contribution in [0.2, 0.25) is 5.02 Å². The van der Waals surface area contributed by atoms with E-state index in [1.165, 1.54) is 12.1 Å². The largest absolute Gasteiger partial charge is 0.304 e. The lowest BCUT2D eigenvalue weighted by atomic mass is 9.97. The molecule has 1 aliphatic rings. The fraction of sp³-hybridized carbons (Fsp3) is 0.400. The molecule has 0 saturated heterocycles. The third kappa shape index (κ3) is 1.63. The lowest BCUT2D eigenvalue weighted by molar-refractivity contribution is 0.116. The highest BCUT2D eigenvalue weighted by Gasteiger charge is 2.46. The van der Waals surface area contributed by atoms with Crippen molar-refractivity contribution in [2.24, 2.45) is 5.90 Å². The molecule has 2 N–H and O–H groups in total. The van der Waals surface area contributed by atoms with E-state index in [2.05, 4.69) is 4.84 Å². The van der Waals surface area contributed by atoms with Gasteiger partial charge in [0.15, 0.2) is 0 Å². The SMILES string of the molecule is NOCC1(c2cc(F)ccc2Cl)CC1. The van der Waals surface area contributed by atoms with E-state index < -0.39 is 0 Å². The van der Waals surface area contributed by atoms with E-state index in [0.29, 0.717) is 11.6 Å². The van der Waals surface area contributed by atoms with Crippen LogP contribution in [0.5, 0.6) is 0 Å². The average Bonchev–Trinajstić information content (AvgIpc) is 2.91. The highest BCUT2D eigenvalue weighted by Crippen LogP contribution is 2.50. The number of hydrogen-bond donors (Lipinski definition) is 1. The topological polar surface area (TPSA) is 35.2 Å². The van der Waals surface area contributed by atoms with Crippen molar-refractivity contribution >= 4 is 11.6 Å². The maximum Gasteiger partial charge on any atom is 0.123 e. The monoisotopic (exact) mass is 215 g/mol. The van der Waals surface area contributed by atoms with Gasteiger partial charge in [-0.05, 0) is 36.6 Å². The fourth-order valence-corrected chi connectivity index (χ4v) is 2.02. The van der Waals surface area contributed by atoms with E-state index in [9.17, 15) is 4.39 Å². The van der Waals surface area contributed by atoms with Gasteiger partial charge in [-0.3, -0.25) is 0 Å². The lowest BCUT2D eigenvalue weighted by Crippen LogP contribution is -2.18. The zero-order chi connectivity index (χ0) is 10.2. The van der Waals surface area contributed by atoms with Gasteiger partial charge in [0.05, 0.1) is 6.61 Å². The van der Waals surface area contributed by atoms with Gasteiger partial charge in [-0.2, -0.15) is 0 Å². The first kappa shape index (κ1) is 9.90. The fourth-order valence-electron chi connectivity index (χ4n) is 1.71. The molecule has 1 fully saturated rings. The van der Waals surface area contributed by atoms with Crippen molar-refractivity contribution in [3.05, 3.63) is 34.6 Å². The van der Waals surface area contributed by atoms with Crippen LogP contribution < -0.4 is 5.90 Å². The Labute approximate surface area is 86.8 Å². The van der Waals surface area contributed by atoms with Gasteiger partial charge in [0.1, 0.15) is 5.82 Å². The van der Waals surface area contributed by atoms with Gasteiger partial charge in [0, 0.05) is 10.4 Å². The summed E-state index contributed by atoms with van der Waals surface area (Å²) in [5, 5.41) is 0.584. The molecule has 76 valence electrons. The summed E-state index contributed by atoms with van der Waals surface area (Å²) in [5.74, 6) is 4.77. The van der Waals surface area contributed by atoms with Crippen molar-refractivity contribution < 1.29 is 9.23 Å². The molecule has 1 aromatic rings. The Morgan fingerprint density at radius 2 is 2.21 bits per heavy atom. The average molecular weight is 216 g/mol.